The maximum Gasteiger partial charge on any atom is 0.146 e. The maximum absolute atomic E-state index is 5.34. The van der Waals surface area contributed by atoms with Crippen molar-refractivity contribution in [3.8, 4) is 22.3 Å². The number of benzene rings is 7. The third kappa shape index (κ3) is 5.17. The van der Waals surface area contributed by atoms with Crippen LogP contribution in [0.2, 0.25) is 0 Å². The fourth-order valence-corrected chi connectivity index (χ4v) is 8.24. The molecule has 3 aliphatic rings. The van der Waals surface area contributed by atoms with Gasteiger partial charge in [-0.25, -0.2) is 0 Å². The van der Waals surface area contributed by atoms with Crippen molar-refractivity contribution in [2.75, 3.05) is 4.90 Å². The van der Waals surface area contributed by atoms with Gasteiger partial charge in [0.1, 0.15) is 33.1 Å². The van der Waals surface area contributed by atoms with E-state index in [4.69, 9.17) is 30.0 Å². The Morgan fingerprint density at radius 2 is 0.907 bits per heavy atom. The number of fused-ring (bicyclic) bond motifs is 5. The highest BCUT2D eigenvalue weighted by molar-refractivity contribution is 5.97. The lowest BCUT2D eigenvalue weighted by atomic mass is 9.97. The second kappa shape index (κ2) is 11.3. The molecule has 0 unspecified atom stereocenters. The van der Waals surface area contributed by atoms with E-state index < -0.39 is 17.0 Å². The van der Waals surface area contributed by atoms with Gasteiger partial charge in [0.25, 0.3) is 0 Å². The first-order chi connectivity index (χ1) is 25.9. The minimum absolute atomic E-state index is 0.588. The van der Waals surface area contributed by atoms with Gasteiger partial charge in [-0.05, 0) is 117 Å². The molecule has 0 atom stereocenters. The standard InChI is InChI=1S/C47H39N7/c1-45(2)48-36-19-12-20-37(42(36)51-45)54(38-25-23-33(40-43(38)52-46(3,4)49-40)31-22-21-28-13-7-8-15-30(28)27-31)39-26-24-35(41-44(39)53-47(5,6)50-41)34-18-11-16-29-14-9-10-17-32(29)34/h7-27H,1-6H3. The Kier molecular flexibility index (Phi) is 6.78. The third-order valence-electron chi connectivity index (χ3n) is 10.4. The van der Waals surface area contributed by atoms with E-state index in [1.165, 1.54) is 21.5 Å². The van der Waals surface area contributed by atoms with Crippen molar-refractivity contribution >= 4 is 38.6 Å². The predicted octanol–water partition coefficient (Wildman–Crippen LogP) is 7.76. The molecule has 0 fully saturated rings. The molecule has 0 saturated carbocycles. The summed E-state index contributed by atoms with van der Waals surface area (Å²) in [5.74, 6) is 0. The third-order valence-corrected chi connectivity index (χ3v) is 10.4. The summed E-state index contributed by atoms with van der Waals surface area (Å²) in [6.45, 7) is 12.4. The highest BCUT2D eigenvalue weighted by Gasteiger charge is 2.31. The Morgan fingerprint density at radius 1 is 0.370 bits per heavy atom. The number of hydrogen-bond acceptors (Lipinski definition) is 7. The van der Waals surface area contributed by atoms with Gasteiger partial charge in [0.15, 0.2) is 0 Å². The Hall–Kier alpha value is -6.34. The van der Waals surface area contributed by atoms with E-state index in [0.717, 1.165) is 71.5 Å². The predicted molar refractivity (Wildman–Crippen MR) is 216 cm³/mol. The van der Waals surface area contributed by atoms with Crippen molar-refractivity contribution in [3.05, 3.63) is 160 Å². The molecule has 7 aromatic rings. The zero-order valence-electron chi connectivity index (χ0n) is 31.3. The van der Waals surface area contributed by atoms with Crippen LogP contribution in [0.15, 0.2) is 157 Å². The molecule has 0 N–H and O–H groups in total. The minimum Gasteiger partial charge on any atom is -0.304 e. The number of anilines is 3. The van der Waals surface area contributed by atoms with Crippen LogP contribution in [0.5, 0.6) is 0 Å². The van der Waals surface area contributed by atoms with Crippen molar-refractivity contribution < 1.29 is 0 Å². The normalized spacial score (nSPS) is 16.6. The summed E-state index contributed by atoms with van der Waals surface area (Å²) in [5.41, 5.74) is 5.14. The average molecular weight is 702 g/mol. The van der Waals surface area contributed by atoms with Gasteiger partial charge in [-0.15, -0.1) is 0 Å². The maximum atomic E-state index is 5.34. The summed E-state index contributed by atoms with van der Waals surface area (Å²) in [5, 5.41) is 9.87. The number of rotatable bonds is 5. The van der Waals surface area contributed by atoms with E-state index in [1.54, 1.807) is 0 Å². The van der Waals surface area contributed by atoms with E-state index in [2.05, 4.69) is 154 Å². The summed E-state index contributed by atoms with van der Waals surface area (Å²) in [4.78, 5) is 33.7. The van der Waals surface area contributed by atoms with Crippen LogP contribution in [-0.4, -0.2) is 17.0 Å². The molecule has 3 aliphatic heterocycles. The van der Waals surface area contributed by atoms with Crippen molar-refractivity contribution in [1.29, 1.82) is 0 Å². The molecule has 0 bridgehead atoms. The van der Waals surface area contributed by atoms with E-state index in [1.807, 2.05) is 19.9 Å². The minimum atomic E-state index is -0.659. The summed E-state index contributed by atoms with van der Waals surface area (Å²) < 4.78 is 0. The highest BCUT2D eigenvalue weighted by atomic mass is 15.2. The molecule has 0 radical (unpaired) electrons. The topological polar surface area (TPSA) is 77.4 Å². The van der Waals surface area contributed by atoms with Crippen LogP contribution < -0.4 is 37.0 Å². The monoisotopic (exact) mass is 701 g/mol. The Labute approximate surface area is 312 Å². The van der Waals surface area contributed by atoms with Crippen molar-refractivity contribution in [2.45, 2.75) is 58.5 Å². The summed E-state index contributed by atoms with van der Waals surface area (Å²) >= 11 is 0. The van der Waals surface area contributed by atoms with Gasteiger partial charge in [-0.3, -0.25) is 30.0 Å². The van der Waals surface area contributed by atoms with Gasteiger partial charge in [-0.1, -0.05) is 84.9 Å². The average Bonchev–Trinajstić information content (AvgIpc) is 3.78. The molecule has 7 heteroatoms. The van der Waals surface area contributed by atoms with E-state index in [-0.39, 0.29) is 0 Å². The molecule has 0 aromatic heterocycles. The molecular formula is C47H39N7. The van der Waals surface area contributed by atoms with Gasteiger partial charge in [0, 0.05) is 11.1 Å². The first-order valence-corrected chi connectivity index (χ1v) is 18.6. The Balaban J connectivity index is 1.28. The fraction of sp³-hybridized carbons (Fsp3) is 0.191. The molecule has 0 amide bonds. The van der Waals surface area contributed by atoms with Gasteiger partial charge in [-0.2, -0.15) is 0 Å². The molecule has 7 nitrogen and oxygen atoms in total. The van der Waals surface area contributed by atoms with Crippen molar-refractivity contribution in [1.82, 2.24) is 0 Å². The quantitative estimate of drug-likeness (QED) is 0.181. The van der Waals surface area contributed by atoms with Crippen LogP contribution in [0.25, 0.3) is 43.8 Å². The van der Waals surface area contributed by atoms with Gasteiger partial charge >= 0.3 is 0 Å². The molecule has 0 spiro atoms. The van der Waals surface area contributed by atoms with Crippen LogP contribution in [0.1, 0.15) is 41.5 Å². The number of hydrogen-bond donors (Lipinski definition) is 0. The van der Waals surface area contributed by atoms with Gasteiger partial charge < -0.3 is 4.90 Å². The van der Waals surface area contributed by atoms with E-state index in [9.17, 15) is 0 Å². The lowest BCUT2D eigenvalue weighted by Crippen LogP contribution is -2.38. The molecule has 0 aliphatic carbocycles. The first kappa shape index (κ1) is 32.3. The van der Waals surface area contributed by atoms with Crippen LogP contribution in [-0.2, 0) is 0 Å². The molecule has 3 heterocycles. The summed E-state index contributed by atoms with van der Waals surface area (Å²) in [7, 11) is 0. The molecular weight excluding hydrogens is 663 g/mol. The molecule has 10 rings (SSSR count). The van der Waals surface area contributed by atoms with Crippen LogP contribution in [0, 0.1) is 0 Å². The Bertz CT molecular complexity index is 3150. The lowest BCUT2D eigenvalue weighted by Gasteiger charge is -2.26. The van der Waals surface area contributed by atoms with Gasteiger partial charge in [0.2, 0.25) is 0 Å². The molecule has 7 aromatic carbocycles. The molecule has 262 valence electrons. The zero-order chi connectivity index (χ0) is 37.0. The first-order valence-electron chi connectivity index (χ1n) is 18.6. The summed E-state index contributed by atoms with van der Waals surface area (Å²) in [6.07, 6.45) is 0. The highest BCUT2D eigenvalue weighted by Crippen LogP contribution is 2.34. The number of nitrogens with zero attached hydrogens (tertiary/aromatic N) is 7. The van der Waals surface area contributed by atoms with Crippen LogP contribution in [0.4, 0.5) is 17.1 Å². The zero-order valence-corrected chi connectivity index (χ0v) is 31.3. The van der Waals surface area contributed by atoms with Crippen LogP contribution >= 0.6 is 0 Å². The van der Waals surface area contributed by atoms with Crippen LogP contribution in [0.3, 0.4) is 0 Å². The molecule has 54 heavy (non-hydrogen) atoms. The van der Waals surface area contributed by atoms with Crippen molar-refractivity contribution in [3.63, 3.8) is 0 Å². The SMILES string of the molecule is CC1(C)N=c2cccc(N(c3ccc(-c4ccc5ccccc5c4)c4c3=NC(C)(C)N=4)c3ccc(-c4cccc5ccccc45)c4c3=NC(C)(C)N=4)c2=N1. The molecule has 0 saturated heterocycles. The summed E-state index contributed by atoms with van der Waals surface area (Å²) in [6, 6.07) is 45.1. The Morgan fingerprint density at radius 3 is 1.65 bits per heavy atom. The smallest absolute Gasteiger partial charge is 0.146 e. The number of para-hydroxylation sites is 1. The van der Waals surface area contributed by atoms with Gasteiger partial charge in [0.05, 0.1) is 33.1 Å². The van der Waals surface area contributed by atoms with E-state index >= 15 is 0 Å². The lowest BCUT2D eigenvalue weighted by molar-refractivity contribution is 0.549. The van der Waals surface area contributed by atoms with Crippen molar-refractivity contribution in [2.24, 2.45) is 30.0 Å². The second-order valence-corrected chi connectivity index (χ2v) is 15.9. The van der Waals surface area contributed by atoms with E-state index in [0.29, 0.717) is 0 Å². The second-order valence-electron chi connectivity index (χ2n) is 15.9. The largest absolute Gasteiger partial charge is 0.304 e. The fourth-order valence-electron chi connectivity index (χ4n) is 8.24.